The third kappa shape index (κ3) is 3.44. The monoisotopic (exact) mass is 226 g/mol. The molecule has 1 aromatic carbocycles. The molecule has 0 unspecified atom stereocenters. The summed E-state index contributed by atoms with van der Waals surface area (Å²) in [5.41, 5.74) is 1.89. The van der Waals surface area contributed by atoms with Crippen LogP contribution in [0.1, 0.15) is 5.56 Å². The van der Waals surface area contributed by atoms with Crippen molar-refractivity contribution in [2.24, 2.45) is 0 Å². The Morgan fingerprint density at radius 3 is 2.67 bits per heavy atom. The number of carbonyl (C=O) groups is 1. The Balaban J connectivity index is 2.62. The van der Waals surface area contributed by atoms with Gasteiger partial charge in [0.15, 0.2) is 0 Å². The van der Waals surface area contributed by atoms with Crippen molar-refractivity contribution in [2.45, 2.75) is 6.92 Å². The second-order valence-electron chi connectivity index (χ2n) is 3.63. The van der Waals surface area contributed by atoms with E-state index in [2.05, 4.69) is 5.32 Å². The Bertz CT molecular complexity index is 364. The van der Waals surface area contributed by atoms with Gasteiger partial charge in [-0.15, -0.1) is 0 Å². The van der Waals surface area contributed by atoms with E-state index in [1.807, 2.05) is 25.1 Å². The van der Waals surface area contributed by atoms with E-state index in [9.17, 15) is 4.79 Å². The van der Waals surface area contributed by atoms with Gasteiger partial charge in [-0.25, -0.2) is 0 Å². The van der Waals surface area contributed by atoms with E-state index >= 15 is 0 Å². The zero-order valence-electron chi connectivity index (χ0n) is 9.17. The van der Waals surface area contributed by atoms with Crippen molar-refractivity contribution < 1.29 is 4.79 Å². The third-order valence-electron chi connectivity index (χ3n) is 2.05. The molecular weight excluding hydrogens is 212 g/mol. The standard InChI is InChI=1S/C11H15ClN2O/c1-8-4-5-10(9(12)6-8)13-7-11(15)14(2)3/h4-6,13H,7H2,1-3H3. The molecule has 15 heavy (non-hydrogen) atoms. The van der Waals surface area contributed by atoms with Gasteiger partial charge in [0.2, 0.25) is 5.91 Å². The van der Waals surface area contributed by atoms with Crippen LogP contribution in [0, 0.1) is 6.92 Å². The molecule has 1 N–H and O–H groups in total. The van der Waals surface area contributed by atoms with Gasteiger partial charge in [-0.2, -0.15) is 0 Å². The maximum atomic E-state index is 11.3. The predicted octanol–water partition coefficient (Wildman–Crippen LogP) is 2.15. The Labute approximate surface area is 95.0 Å². The highest BCUT2D eigenvalue weighted by atomic mass is 35.5. The molecule has 0 aromatic heterocycles. The van der Waals surface area contributed by atoms with E-state index in [4.69, 9.17) is 11.6 Å². The Morgan fingerprint density at radius 1 is 1.47 bits per heavy atom. The van der Waals surface area contributed by atoms with Gasteiger partial charge in [0, 0.05) is 14.1 Å². The van der Waals surface area contributed by atoms with Crippen molar-refractivity contribution in [1.82, 2.24) is 4.90 Å². The summed E-state index contributed by atoms with van der Waals surface area (Å²) in [4.78, 5) is 12.9. The van der Waals surface area contributed by atoms with Crippen LogP contribution in [0.3, 0.4) is 0 Å². The number of hydrogen-bond acceptors (Lipinski definition) is 2. The number of hydrogen-bond donors (Lipinski definition) is 1. The predicted molar refractivity (Wildman–Crippen MR) is 63.4 cm³/mol. The number of carbonyl (C=O) groups excluding carboxylic acids is 1. The first-order chi connectivity index (χ1) is 7.00. The molecule has 0 radical (unpaired) electrons. The summed E-state index contributed by atoms with van der Waals surface area (Å²) in [5.74, 6) is 0.0200. The summed E-state index contributed by atoms with van der Waals surface area (Å²) >= 11 is 6.01. The smallest absolute Gasteiger partial charge is 0.241 e. The van der Waals surface area contributed by atoms with Crippen LogP contribution in [0.15, 0.2) is 18.2 Å². The fourth-order valence-corrected chi connectivity index (χ4v) is 1.39. The highest BCUT2D eigenvalue weighted by molar-refractivity contribution is 6.33. The van der Waals surface area contributed by atoms with E-state index in [0.29, 0.717) is 5.02 Å². The normalized spacial score (nSPS) is 9.87. The van der Waals surface area contributed by atoms with Gasteiger partial charge in [0.05, 0.1) is 17.3 Å². The minimum atomic E-state index is 0.0200. The SMILES string of the molecule is Cc1ccc(NCC(=O)N(C)C)c(Cl)c1. The number of amides is 1. The molecule has 1 amide bonds. The molecule has 0 bridgehead atoms. The number of likely N-dealkylation sites (N-methyl/N-ethyl adjacent to an activating group) is 1. The minimum absolute atomic E-state index is 0.0200. The van der Waals surface area contributed by atoms with Crippen molar-refractivity contribution in [3.63, 3.8) is 0 Å². The molecular formula is C11H15ClN2O. The zero-order chi connectivity index (χ0) is 11.4. The summed E-state index contributed by atoms with van der Waals surface area (Å²) in [6.45, 7) is 2.23. The lowest BCUT2D eigenvalue weighted by molar-refractivity contribution is -0.126. The van der Waals surface area contributed by atoms with E-state index in [1.54, 1.807) is 14.1 Å². The second kappa shape index (κ2) is 5.03. The highest BCUT2D eigenvalue weighted by Gasteiger charge is 2.05. The maximum Gasteiger partial charge on any atom is 0.241 e. The molecule has 0 aliphatic heterocycles. The summed E-state index contributed by atoms with van der Waals surface area (Å²) < 4.78 is 0. The third-order valence-corrected chi connectivity index (χ3v) is 2.37. The first-order valence-electron chi connectivity index (χ1n) is 4.71. The number of aryl methyl sites for hydroxylation is 1. The first kappa shape index (κ1) is 11.9. The quantitative estimate of drug-likeness (QED) is 0.857. The summed E-state index contributed by atoms with van der Waals surface area (Å²) in [6, 6.07) is 5.69. The molecule has 0 saturated carbocycles. The summed E-state index contributed by atoms with van der Waals surface area (Å²) in [5, 5.41) is 3.64. The van der Waals surface area contributed by atoms with Crippen molar-refractivity contribution >= 4 is 23.2 Å². The van der Waals surface area contributed by atoms with Gasteiger partial charge in [-0.05, 0) is 24.6 Å². The van der Waals surface area contributed by atoms with Crippen LogP contribution in [-0.4, -0.2) is 31.4 Å². The topological polar surface area (TPSA) is 32.3 Å². The average molecular weight is 227 g/mol. The van der Waals surface area contributed by atoms with E-state index in [-0.39, 0.29) is 12.5 Å². The van der Waals surface area contributed by atoms with E-state index in [1.165, 1.54) is 4.90 Å². The van der Waals surface area contributed by atoms with Crippen LogP contribution >= 0.6 is 11.6 Å². The Hall–Kier alpha value is -1.22. The van der Waals surface area contributed by atoms with Crippen LogP contribution in [0.2, 0.25) is 5.02 Å². The molecule has 0 aliphatic rings. The van der Waals surface area contributed by atoms with Crippen LogP contribution in [-0.2, 0) is 4.79 Å². The molecule has 0 heterocycles. The van der Waals surface area contributed by atoms with Crippen molar-refractivity contribution in [3.8, 4) is 0 Å². The van der Waals surface area contributed by atoms with Gasteiger partial charge in [-0.1, -0.05) is 17.7 Å². The Kier molecular flexibility index (Phi) is 3.97. The fourth-order valence-electron chi connectivity index (χ4n) is 1.09. The van der Waals surface area contributed by atoms with Crippen molar-refractivity contribution in [1.29, 1.82) is 0 Å². The lowest BCUT2D eigenvalue weighted by Gasteiger charge is -2.12. The van der Waals surface area contributed by atoms with Gasteiger partial charge < -0.3 is 10.2 Å². The molecule has 82 valence electrons. The molecule has 0 fully saturated rings. The van der Waals surface area contributed by atoms with Crippen LogP contribution < -0.4 is 5.32 Å². The Morgan fingerprint density at radius 2 is 2.13 bits per heavy atom. The van der Waals surface area contributed by atoms with E-state index in [0.717, 1.165) is 11.3 Å². The number of nitrogens with zero attached hydrogens (tertiary/aromatic N) is 1. The number of benzene rings is 1. The first-order valence-corrected chi connectivity index (χ1v) is 5.08. The number of rotatable bonds is 3. The van der Waals surface area contributed by atoms with Gasteiger partial charge in [0.25, 0.3) is 0 Å². The molecule has 1 rings (SSSR count). The molecule has 4 heteroatoms. The highest BCUT2D eigenvalue weighted by Crippen LogP contribution is 2.22. The van der Waals surface area contributed by atoms with Crippen LogP contribution in [0.25, 0.3) is 0 Å². The van der Waals surface area contributed by atoms with Crippen LogP contribution in [0.4, 0.5) is 5.69 Å². The van der Waals surface area contributed by atoms with Gasteiger partial charge in [0.1, 0.15) is 0 Å². The maximum absolute atomic E-state index is 11.3. The zero-order valence-corrected chi connectivity index (χ0v) is 9.93. The second-order valence-corrected chi connectivity index (χ2v) is 4.03. The molecule has 3 nitrogen and oxygen atoms in total. The average Bonchev–Trinajstić information content (AvgIpc) is 2.15. The molecule has 0 saturated heterocycles. The van der Waals surface area contributed by atoms with E-state index < -0.39 is 0 Å². The van der Waals surface area contributed by atoms with Gasteiger partial charge >= 0.3 is 0 Å². The molecule has 1 aromatic rings. The lowest BCUT2D eigenvalue weighted by Crippen LogP contribution is -2.28. The summed E-state index contributed by atoms with van der Waals surface area (Å²) in [6.07, 6.45) is 0. The van der Waals surface area contributed by atoms with Crippen molar-refractivity contribution in [3.05, 3.63) is 28.8 Å². The van der Waals surface area contributed by atoms with Gasteiger partial charge in [-0.3, -0.25) is 4.79 Å². The summed E-state index contributed by atoms with van der Waals surface area (Å²) in [7, 11) is 3.45. The minimum Gasteiger partial charge on any atom is -0.375 e. The molecule has 0 aliphatic carbocycles. The number of nitrogens with one attached hydrogen (secondary N) is 1. The number of anilines is 1. The number of halogens is 1. The molecule has 0 atom stereocenters. The molecule has 0 spiro atoms. The fraction of sp³-hybridized carbons (Fsp3) is 0.364. The largest absolute Gasteiger partial charge is 0.375 e. The van der Waals surface area contributed by atoms with Crippen molar-refractivity contribution in [2.75, 3.05) is 26.0 Å². The van der Waals surface area contributed by atoms with Crippen LogP contribution in [0.5, 0.6) is 0 Å². The lowest BCUT2D eigenvalue weighted by atomic mass is 10.2.